The Hall–Kier alpha value is -2.86. The van der Waals surface area contributed by atoms with Gasteiger partial charge in [0.1, 0.15) is 11.6 Å². The molecule has 2 aromatic carbocycles. The molecule has 0 bridgehead atoms. The van der Waals surface area contributed by atoms with Crippen molar-refractivity contribution in [2.45, 2.75) is 6.92 Å². The van der Waals surface area contributed by atoms with Crippen LogP contribution in [0.5, 0.6) is 0 Å². The third-order valence-electron chi connectivity index (χ3n) is 3.03. The van der Waals surface area contributed by atoms with E-state index in [9.17, 15) is 4.79 Å². The van der Waals surface area contributed by atoms with E-state index >= 15 is 0 Å². The first-order valence-corrected chi connectivity index (χ1v) is 6.80. The molecule has 0 aliphatic rings. The zero-order chi connectivity index (χ0) is 15.1. The number of nitrogens with zero attached hydrogens (tertiary/aromatic N) is 1. The molecule has 0 aromatic heterocycles. The quantitative estimate of drug-likeness (QED) is 0.687. The molecule has 3 nitrogen and oxygen atoms in total. The molecule has 0 fully saturated rings. The van der Waals surface area contributed by atoms with E-state index in [0.29, 0.717) is 6.54 Å². The molecule has 2 rings (SSSR count). The van der Waals surface area contributed by atoms with E-state index in [1.54, 1.807) is 6.08 Å². The highest BCUT2D eigenvalue weighted by atomic mass is 16.1. The topological polar surface area (TPSA) is 52.9 Å². The van der Waals surface area contributed by atoms with Gasteiger partial charge in [0.25, 0.3) is 5.91 Å². The van der Waals surface area contributed by atoms with Gasteiger partial charge in [-0.3, -0.25) is 4.79 Å². The molecule has 0 saturated heterocycles. The number of nitrogens with one attached hydrogen (secondary N) is 1. The van der Waals surface area contributed by atoms with E-state index in [4.69, 9.17) is 5.26 Å². The smallest absolute Gasteiger partial charge is 0.261 e. The predicted molar refractivity (Wildman–Crippen MR) is 84.2 cm³/mol. The Balaban J connectivity index is 2.23. The molecule has 0 spiro atoms. The van der Waals surface area contributed by atoms with Gasteiger partial charge in [-0.2, -0.15) is 5.26 Å². The highest BCUT2D eigenvalue weighted by molar-refractivity contribution is 6.01. The Morgan fingerprint density at radius 1 is 1.10 bits per heavy atom. The van der Waals surface area contributed by atoms with Crippen molar-refractivity contribution in [3.63, 3.8) is 0 Å². The Labute approximate surface area is 124 Å². The van der Waals surface area contributed by atoms with Gasteiger partial charge in [-0.25, -0.2) is 0 Å². The number of benzene rings is 2. The molecule has 104 valence electrons. The summed E-state index contributed by atoms with van der Waals surface area (Å²) in [6, 6.07) is 19.7. The molecule has 0 aliphatic heterocycles. The minimum absolute atomic E-state index is 0.115. The van der Waals surface area contributed by atoms with Crippen LogP contribution in [0.1, 0.15) is 12.5 Å². The lowest BCUT2D eigenvalue weighted by Gasteiger charge is -2.03. The van der Waals surface area contributed by atoms with Crippen LogP contribution in [0.4, 0.5) is 0 Å². The summed E-state index contributed by atoms with van der Waals surface area (Å²) in [4.78, 5) is 11.7. The van der Waals surface area contributed by atoms with Crippen LogP contribution >= 0.6 is 0 Å². The van der Waals surface area contributed by atoms with Gasteiger partial charge >= 0.3 is 0 Å². The summed E-state index contributed by atoms with van der Waals surface area (Å²) in [5.74, 6) is -0.341. The van der Waals surface area contributed by atoms with Gasteiger partial charge in [0, 0.05) is 6.54 Å². The van der Waals surface area contributed by atoms with Crippen LogP contribution < -0.4 is 5.32 Å². The Bertz CT molecular complexity index is 679. The number of likely N-dealkylation sites (N-methyl/N-ethyl adjacent to an activating group) is 1. The number of carbonyl (C=O) groups is 1. The summed E-state index contributed by atoms with van der Waals surface area (Å²) in [5.41, 5.74) is 3.18. The average Bonchev–Trinajstić information content (AvgIpc) is 2.54. The third-order valence-corrected chi connectivity index (χ3v) is 3.03. The number of rotatable bonds is 4. The summed E-state index contributed by atoms with van der Waals surface area (Å²) in [7, 11) is 0. The molecule has 0 radical (unpaired) electrons. The molecule has 0 atom stereocenters. The van der Waals surface area contributed by atoms with Gasteiger partial charge in [-0.05, 0) is 29.7 Å². The van der Waals surface area contributed by atoms with Crippen LogP contribution in [0, 0.1) is 11.3 Å². The molecular weight excluding hydrogens is 260 g/mol. The fraction of sp³-hybridized carbons (Fsp3) is 0.111. The maximum absolute atomic E-state index is 11.7. The van der Waals surface area contributed by atoms with Crippen LogP contribution in [0.15, 0.2) is 60.2 Å². The van der Waals surface area contributed by atoms with E-state index in [1.807, 2.05) is 67.6 Å². The second kappa shape index (κ2) is 7.06. The van der Waals surface area contributed by atoms with Gasteiger partial charge in [-0.15, -0.1) is 0 Å². The van der Waals surface area contributed by atoms with E-state index in [0.717, 1.165) is 16.7 Å². The third kappa shape index (κ3) is 3.80. The number of amides is 1. The lowest BCUT2D eigenvalue weighted by Crippen LogP contribution is -2.23. The molecule has 0 aliphatic carbocycles. The Morgan fingerprint density at radius 2 is 1.71 bits per heavy atom. The second-order valence-electron chi connectivity index (χ2n) is 4.52. The van der Waals surface area contributed by atoms with Crippen molar-refractivity contribution < 1.29 is 4.79 Å². The van der Waals surface area contributed by atoms with Crippen molar-refractivity contribution >= 4 is 12.0 Å². The molecule has 21 heavy (non-hydrogen) atoms. The van der Waals surface area contributed by atoms with Crippen molar-refractivity contribution in [2.75, 3.05) is 6.54 Å². The van der Waals surface area contributed by atoms with Crippen molar-refractivity contribution in [2.24, 2.45) is 0 Å². The zero-order valence-corrected chi connectivity index (χ0v) is 11.8. The van der Waals surface area contributed by atoms with Crippen molar-refractivity contribution in [3.05, 3.63) is 65.7 Å². The summed E-state index contributed by atoms with van der Waals surface area (Å²) in [6.45, 7) is 2.33. The monoisotopic (exact) mass is 276 g/mol. The van der Waals surface area contributed by atoms with Crippen LogP contribution in [-0.2, 0) is 4.79 Å². The standard InChI is InChI=1S/C18H16N2O/c1-2-20-18(21)17(13-19)12-14-8-10-16(11-9-14)15-6-4-3-5-7-15/h3-12H,2H2,1H3,(H,20,21)/b17-12+. The van der Waals surface area contributed by atoms with Gasteiger partial charge in [0.15, 0.2) is 0 Å². The highest BCUT2D eigenvalue weighted by Crippen LogP contribution is 2.20. The SMILES string of the molecule is CCNC(=O)/C(C#N)=C/c1ccc(-c2ccccc2)cc1. The average molecular weight is 276 g/mol. The van der Waals surface area contributed by atoms with E-state index < -0.39 is 0 Å². The summed E-state index contributed by atoms with van der Waals surface area (Å²) < 4.78 is 0. The minimum Gasteiger partial charge on any atom is -0.352 e. The first kappa shape index (κ1) is 14.5. The van der Waals surface area contributed by atoms with E-state index in [1.165, 1.54) is 0 Å². The van der Waals surface area contributed by atoms with Crippen LogP contribution in [-0.4, -0.2) is 12.5 Å². The molecule has 2 aromatic rings. The molecule has 1 N–H and O–H groups in total. The molecule has 0 heterocycles. The van der Waals surface area contributed by atoms with Gasteiger partial charge in [-0.1, -0.05) is 54.6 Å². The van der Waals surface area contributed by atoms with Gasteiger partial charge in [0.2, 0.25) is 0 Å². The minimum atomic E-state index is -0.341. The molecule has 0 saturated carbocycles. The van der Waals surface area contributed by atoms with E-state index in [-0.39, 0.29) is 11.5 Å². The predicted octanol–water partition coefficient (Wildman–Crippen LogP) is 3.40. The maximum atomic E-state index is 11.7. The number of nitriles is 1. The first-order chi connectivity index (χ1) is 10.2. The summed E-state index contributed by atoms with van der Waals surface area (Å²) in [5, 5.41) is 11.7. The fourth-order valence-corrected chi connectivity index (χ4v) is 1.97. The van der Waals surface area contributed by atoms with Crippen molar-refractivity contribution in [1.29, 1.82) is 5.26 Å². The molecule has 3 heteroatoms. The molecular formula is C18H16N2O. The zero-order valence-electron chi connectivity index (χ0n) is 11.8. The van der Waals surface area contributed by atoms with E-state index in [2.05, 4.69) is 5.32 Å². The lowest BCUT2D eigenvalue weighted by atomic mass is 10.0. The maximum Gasteiger partial charge on any atom is 0.261 e. The van der Waals surface area contributed by atoms with Crippen LogP contribution in [0.25, 0.3) is 17.2 Å². The number of hydrogen-bond acceptors (Lipinski definition) is 2. The lowest BCUT2D eigenvalue weighted by molar-refractivity contribution is -0.116. The molecule has 0 unspecified atom stereocenters. The van der Waals surface area contributed by atoms with Crippen LogP contribution in [0.2, 0.25) is 0 Å². The van der Waals surface area contributed by atoms with Crippen LogP contribution in [0.3, 0.4) is 0 Å². The summed E-state index contributed by atoms with van der Waals surface area (Å²) >= 11 is 0. The van der Waals surface area contributed by atoms with Crippen molar-refractivity contribution in [1.82, 2.24) is 5.32 Å². The fourth-order valence-electron chi connectivity index (χ4n) is 1.97. The summed E-state index contributed by atoms with van der Waals surface area (Å²) in [6.07, 6.45) is 1.60. The molecule has 1 amide bonds. The largest absolute Gasteiger partial charge is 0.352 e. The normalized spacial score (nSPS) is 10.8. The Morgan fingerprint density at radius 3 is 2.29 bits per heavy atom. The second-order valence-corrected chi connectivity index (χ2v) is 4.52. The Kier molecular flexibility index (Phi) is 4.89. The van der Waals surface area contributed by atoms with Gasteiger partial charge < -0.3 is 5.32 Å². The van der Waals surface area contributed by atoms with Crippen molar-refractivity contribution in [3.8, 4) is 17.2 Å². The number of hydrogen-bond donors (Lipinski definition) is 1. The van der Waals surface area contributed by atoms with Gasteiger partial charge in [0.05, 0.1) is 0 Å². The number of carbonyl (C=O) groups excluding carboxylic acids is 1. The highest BCUT2D eigenvalue weighted by Gasteiger charge is 2.07. The first-order valence-electron chi connectivity index (χ1n) is 6.80.